The second-order valence-electron chi connectivity index (χ2n) is 8.28. The molecule has 0 fully saturated rings. The van der Waals surface area contributed by atoms with Gasteiger partial charge in [0.25, 0.3) is 5.91 Å². The van der Waals surface area contributed by atoms with Crippen molar-refractivity contribution in [3.63, 3.8) is 0 Å². The topological polar surface area (TPSA) is 135 Å². The van der Waals surface area contributed by atoms with Crippen LogP contribution in [0, 0.1) is 0 Å². The number of carbonyl (C=O) groups excluding carboxylic acids is 1. The Hall–Kier alpha value is -3.72. The Morgan fingerprint density at radius 2 is 2.12 bits per heavy atom. The molecule has 0 bridgehead atoms. The molecule has 0 spiro atoms. The van der Waals surface area contributed by atoms with Crippen molar-refractivity contribution in [2.75, 3.05) is 24.2 Å². The standard InChI is InChI=1S/C23H26N6O3/c1-23(2,31)13-28-21(30)15-5-3-4-14(10-15)11-26-20-16-7-9-32-19(16)17(12-27-20)18-6-8-25-22(24)29-18/h3-6,8,10,12,31H,7,9,11,13H2,1-2H3,(H,26,27)(H,28,30)(H2,24,25,29). The first-order valence-electron chi connectivity index (χ1n) is 10.4. The summed E-state index contributed by atoms with van der Waals surface area (Å²) in [5.41, 5.74) is 8.65. The van der Waals surface area contributed by atoms with Crippen LogP contribution in [0.4, 0.5) is 11.8 Å². The van der Waals surface area contributed by atoms with Gasteiger partial charge in [0, 0.05) is 43.0 Å². The van der Waals surface area contributed by atoms with Crippen molar-refractivity contribution in [3.05, 3.63) is 59.4 Å². The molecule has 0 atom stereocenters. The Labute approximate surface area is 186 Å². The van der Waals surface area contributed by atoms with E-state index in [0.29, 0.717) is 24.4 Å². The van der Waals surface area contributed by atoms with Crippen LogP contribution >= 0.6 is 0 Å². The number of aromatic nitrogens is 3. The molecular weight excluding hydrogens is 408 g/mol. The van der Waals surface area contributed by atoms with Gasteiger partial charge in [-0.3, -0.25) is 4.79 Å². The lowest BCUT2D eigenvalue weighted by Gasteiger charge is -2.17. The average Bonchev–Trinajstić information content (AvgIpc) is 3.26. The lowest BCUT2D eigenvalue weighted by Crippen LogP contribution is -2.38. The van der Waals surface area contributed by atoms with Crippen LogP contribution in [0.15, 0.2) is 42.7 Å². The molecule has 0 aliphatic carbocycles. The third-order valence-corrected chi connectivity index (χ3v) is 5.01. The normalized spacial score (nSPS) is 12.7. The summed E-state index contributed by atoms with van der Waals surface area (Å²) in [5, 5.41) is 15.9. The molecule has 166 valence electrons. The molecule has 0 saturated carbocycles. The zero-order valence-electron chi connectivity index (χ0n) is 18.1. The molecule has 3 aromatic rings. The Bertz CT molecular complexity index is 1140. The van der Waals surface area contributed by atoms with E-state index < -0.39 is 5.60 Å². The van der Waals surface area contributed by atoms with Crippen LogP contribution in [0.1, 0.15) is 35.3 Å². The second-order valence-corrected chi connectivity index (χ2v) is 8.28. The lowest BCUT2D eigenvalue weighted by atomic mass is 10.1. The summed E-state index contributed by atoms with van der Waals surface area (Å²) in [4.78, 5) is 25.2. The highest BCUT2D eigenvalue weighted by atomic mass is 16.5. The predicted molar refractivity (Wildman–Crippen MR) is 121 cm³/mol. The van der Waals surface area contributed by atoms with Crippen LogP contribution in [0.2, 0.25) is 0 Å². The number of nitrogen functional groups attached to an aromatic ring is 1. The highest BCUT2D eigenvalue weighted by Crippen LogP contribution is 2.39. The Kier molecular flexibility index (Phi) is 5.91. The van der Waals surface area contributed by atoms with E-state index in [2.05, 4.69) is 25.6 Å². The molecule has 1 amide bonds. The molecule has 0 unspecified atom stereocenters. The maximum atomic E-state index is 12.4. The highest BCUT2D eigenvalue weighted by Gasteiger charge is 2.23. The number of hydrogen-bond acceptors (Lipinski definition) is 8. The summed E-state index contributed by atoms with van der Waals surface area (Å²) in [6, 6.07) is 9.11. The van der Waals surface area contributed by atoms with Crippen LogP contribution in [-0.2, 0) is 13.0 Å². The van der Waals surface area contributed by atoms with Crippen LogP contribution in [-0.4, -0.2) is 44.7 Å². The van der Waals surface area contributed by atoms with Crippen molar-refractivity contribution in [2.24, 2.45) is 0 Å². The van der Waals surface area contributed by atoms with Crippen molar-refractivity contribution in [1.29, 1.82) is 0 Å². The molecule has 9 nitrogen and oxygen atoms in total. The minimum atomic E-state index is -0.966. The minimum Gasteiger partial charge on any atom is -0.492 e. The van der Waals surface area contributed by atoms with Crippen LogP contribution in [0.3, 0.4) is 0 Å². The summed E-state index contributed by atoms with van der Waals surface area (Å²) in [6.45, 7) is 4.53. The first-order chi connectivity index (χ1) is 15.3. The smallest absolute Gasteiger partial charge is 0.251 e. The number of nitrogens with zero attached hydrogens (tertiary/aromatic N) is 3. The third kappa shape index (κ3) is 4.94. The molecule has 0 radical (unpaired) electrons. The van der Waals surface area contributed by atoms with Crippen molar-refractivity contribution < 1.29 is 14.6 Å². The van der Waals surface area contributed by atoms with Gasteiger partial charge in [-0.1, -0.05) is 12.1 Å². The summed E-state index contributed by atoms with van der Waals surface area (Å²) < 4.78 is 5.87. The van der Waals surface area contributed by atoms with Crippen molar-refractivity contribution in [1.82, 2.24) is 20.3 Å². The molecule has 32 heavy (non-hydrogen) atoms. The third-order valence-electron chi connectivity index (χ3n) is 5.01. The number of nitrogens with one attached hydrogen (secondary N) is 2. The fraction of sp³-hybridized carbons (Fsp3) is 0.304. The molecule has 4 rings (SSSR count). The molecule has 9 heteroatoms. The fourth-order valence-corrected chi connectivity index (χ4v) is 3.45. The van der Waals surface area contributed by atoms with E-state index in [9.17, 15) is 9.90 Å². The van der Waals surface area contributed by atoms with Gasteiger partial charge in [0.1, 0.15) is 11.6 Å². The number of ether oxygens (including phenoxy) is 1. The summed E-state index contributed by atoms with van der Waals surface area (Å²) in [7, 11) is 0. The summed E-state index contributed by atoms with van der Waals surface area (Å²) in [5.74, 6) is 1.46. The number of amides is 1. The number of aliphatic hydroxyl groups is 1. The Morgan fingerprint density at radius 1 is 1.28 bits per heavy atom. The number of carbonyl (C=O) groups is 1. The van der Waals surface area contributed by atoms with Crippen molar-refractivity contribution >= 4 is 17.7 Å². The quantitative estimate of drug-likeness (QED) is 0.444. The van der Waals surface area contributed by atoms with Gasteiger partial charge in [-0.05, 0) is 37.6 Å². The van der Waals surface area contributed by atoms with Gasteiger partial charge in [0.15, 0.2) is 0 Å². The number of benzene rings is 1. The number of rotatable bonds is 7. The summed E-state index contributed by atoms with van der Waals surface area (Å²) >= 11 is 0. The average molecular weight is 435 g/mol. The highest BCUT2D eigenvalue weighted by molar-refractivity contribution is 5.94. The molecule has 1 aromatic carbocycles. The largest absolute Gasteiger partial charge is 0.492 e. The maximum absolute atomic E-state index is 12.4. The fourth-order valence-electron chi connectivity index (χ4n) is 3.45. The monoisotopic (exact) mass is 434 g/mol. The Morgan fingerprint density at radius 3 is 2.91 bits per heavy atom. The zero-order chi connectivity index (χ0) is 22.7. The van der Waals surface area contributed by atoms with E-state index in [1.165, 1.54) is 0 Å². The van der Waals surface area contributed by atoms with Crippen molar-refractivity contribution in [2.45, 2.75) is 32.4 Å². The molecule has 1 aliphatic heterocycles. The van der Waals surface area contributed by atoms with E-state index in [-0.39, 0.29) is 18.4 Å². The van der Waals surface area contributed by atoms with Gasteiger partial charge in [-0.25, -0.2) is 15.0 Å². The zero-order valence-corrected chi connectivity index (χ0v) is 18.1. The Balaban J connectivity index is 1.49. The first-order valence-corrected chi connectivity index (χ1v) is 10.4. The van der Waals surface area contributed by atoms with E-state index in [1.54, 1.807) is 38.4 Å². The van der Waals surface area contributed by atoms with Gasteiger partial charge in [-0.15, -0.1) is 0 Å². The molecule has 2 aromatic heterocycles. The molecule has 1 aliphatic rings. The van der Waals surface area contributed by atoms with Crippen LogP contribution in [0.25, 0.3) is 11.3 Å². The van der Waals surface area contributed by atoms with Gasteiger partial charge in [0.05, 0.1) is 23.5 Å². The van der Waals surface area contributed by atoms with Gasteiger partial charge in [0.2, 0.25) is 5.95 Å². The van der Waals surface area contributed by atoms with E-state index in [0.717, 1.165) is 34.7 Å². The molecule has 5 N–H and O–H groups in total. The number of hydrogen-bond donors (Lipinski definition) is 4. The number of anilines is 2. The van der Waals surface area contributed by atoms with Crippen LogP contribution in [0.5, 0.6) is 5.75 Å². The number of nitrogens with two attached hydrogens (primary N) is 1. The number of pyridine rings is 1. The van der Waals surface area contributed by atoms with E-state index in [4.69, 9.17) is 10.5 Å². The SMILES string of the molecule is CC(C)(O)CNC(=O)c1cccc(CNc2ncc(-c3ccnc(N)n3)c3c2CCO3)c1. The second kappa shape index (κ2) is 8.80. The lowest BCUT2D eigenvalue weighted by molar-refractivity contribution is 0.0694. The molecule has 0 saturated heterocycles. The van der Waals surface area contributed by atoms with Crippen LogP contribution < -0.4 is 21.1 Å². The van der Waals surface area contributed by atoms with E-state index >= 15 is 0 Å². The first kappa shape index (κ1) is 21.5. The number of fused-ring (bicyclic) bond motifs is 1. The van der Waals surface area contributed by atoms with Gasteiger partial charge >= 0.3 is 0 Å². The van der Waals surface area contributed by atoms with Gasteiger partial charge in [-0.2, -0.15) is 0 Å². The molecular formula is C23H26N6O3. The molecule has 3 heterocycles. The minimum absolute atomic E-state index is 0.175. The predicted octanol–water partition coefficient (Wildman–Crippen LogP) is 2.17. The van der Waals surface area contributed by atoms with Crippen molar-refractivity contribution in [3.8, 4) is 17.0 Å². The van der Waals surface area contributed by atoms with Gasteiger partial charge < -0.3 is 26.2 Å². The summed E-state index contributed by atoms with van der Waals surface area (Å²) in [6.07, 6.45) is 4.06. The van der Waals surface area contributed by atoms with E-state index in [1.807, 2.05) is 18.2 Å². The maximum Gasteiger partial charge on any atom is 0.251 e.